The van der Waals surface area contributed by atoms with Crippen molar-refractivity contribution < 1.29 is 4.74 Å². The van der Waals surface area contributed by atoms with Crippen LogP contribution in [0.3, 0.4) is 0 Å². The summed E-state index contributed by atoms with van der Waals surface area (Å²) in [5.41, 5.74) is 8.27. The maximum Gasteiger partial charge on any atom is 0.186 e. The Morgan fingerprint density at radius 1 is 1.26 bits per heavy atom. The van der Waals surface area contributed by atoms with Crippen molar-refractivity contribution in [3.8, 4) is 11.4 Å². The Hall–Kier alpha value is -2.07. The molecule has 0 saturated heterocycles. The summed E-state index contributed by atoms with van der Waals surface area (Å²) in [6.07, 6.45) is 1.81. The molecule has 2 rings (SSSR count). The molecular weight excluding hydrogens is 240 g/mol. The molecule has 1 atom stereocenters. The van der Waals surface area contributed by atoms with Crippen molar-refractivity contribution in [2.75, 3.05) is 7.11 Å². The van der Waals surface area contributed by atoms with Crippen LogP contribution in [0.25, 0.3) is 5.69 Å². The lowest BCUT2D eigenvalue weighted by Crippen LogP contribution is -2.20. The Balaban J connectivity index is 2.54. The van der Waals surface area contributed by atoms with Crippen LogP contribution in [0.15, 0.2) is 41.3 Å². The van der Waals surface area contributed by atoms with Crippen molar-refractivity contribution in [2.24, 2.45) is 5.73 Å². The lowest BCUT2D eigenvalue weighted by atomic mass is 10.1. The highest BCUT2D eigenvalue weighted by atomic mass is 16.5. The quantitative estimate of drug-likeness (QED) is 0.918. The Bertz CT molecular complexity index is 628. The molecule has 0 aliphatic carbocycles. The smallest absolute Gasteiger partial charge is 0.186 e. The normalized spacial score (nSPS) is 12.2. The minimum absolute atomic E-state index is 0.0164. The van der Waals surface area contributed by atoms with E-state index in [1.165, 1.54) is 0 Å². The Morgan fingerprint density at radius 2 is 1.89 bits per heavy atom. The molecule has 2 N–H and O–H groups in total. The first kappa shape index (κ1) is 13.4. The monoisotopic (exact) mass is 258 g/mol. The molecule has 0 spiro atoms. The molecule has 4 nitrogen and oxygen atoms in total. The Labute approximate surface area is 112 Å². The lowest BCUT2D eigenvalue weighted by molar-refractivity contribution is 0.414. The summed E-state index contributed by atoms with van der Waals surface area (Å²) in [5.74, 6) is 0.801. The first-order valence-electron chi connectivity index (χ1n) is 6.16. The van der Waals surface area contributed by atoms with E-state index >= 15 is 0 Å². The van der Waals surface area contributed by atoms with Crippen molar-refractivity contribution >= 4 is 0 Å². The van der Waals surface area contributed by atoms with Gasteiger partial charge in [0.25, 0.3) is 0 Å². The fourth-order valence-corrected chi connectivity index (χ4v) is 2.01. The molecule has 0 aliphatic heterocycles. The van der Waals surface area contributed by atoms with Crippen LogP contribution in [0.4, 0.5) is 0 Å². The number of aromatic nitrogens is 1. The molecule has 1 aromatic heterocycles. The third-order valence-corrected chi connectivity index (χ3v) is 3.11. The zero-order chi connectivity index (χ0) is 14.0. The Kier molecular flexibility index (Phi) is 3.71. The number of methoxy groups -OCH3 is 1. The van der Waals surface area contributed by atoms with E-state index in [4.69, 9.17) is 10.5 Å². The van der Waals surface area contributed by atoms with Crippen LogP contribution in [0.2, 0.25) is 0 Å². The highest BCUT2D eigenvalue weighted by molar-refractivity contribution is 5.40. The zero-order valence-electron chi connectivity index (χ0n) is 11.4. The molecule has 0 saturated carbocycles. The topological polar surface area (TPSA) is 57.2 Å². The highest BCUT2D eigenvalue weighted by Crippen LogP contribution is 2.17. The van der Waals surface area contributed by atoms with Gasteiger partial charge in [-0.15, -0.1) is 0 Å². The average Bonchev–Trinajstić information content (AvgIpc) is 2.38. The van der Waals surface area contributed by atoms with Gasteiger partial charge in [-0.25, -0.2) is 0 Å². The lowest BCUT2D eigenvalue weighted by Gasteiger charge is -2.14. The Morgan fingerprint density at radius 3 is 2.42 bits per heavy atom. The summed E-state index contributed by atoms with van der Waals surface area (Å²) >= 11 is 0. The van der Waals surface area contributed by atoms with Gasteiger partial charge in [-0.05, 0) is 38.1 Å². The van der Waals surface area contributed by atoms with Crippen molar-refractivity contribution in [3.05, 3.63) is 58.0 Å². The first-order chi connectivity index (χ1) is 9.02. The average molecular weight is 258 g/mol. The molecule has 0 fully saturated rings. The van der Waals surface area contributed by atoms with E-state index in [1.807, 2.05) is 48.9 Å². The second-order valence-corrected chi connectivity index (χ2v) is 4.59. The molecule has 1 heterocycles. The van der Waals surface area contributed by atoms with Crippen LogP contribution in [0, 0.1) is 6.92 Å². The molecular formula is C15H18N2O2. The first-order valence-corrected chi connectivity index (χ1v) is 6.16. The molecule has 19 heavy (non-hydrogen) atoms. The van der Waals surface area contributed by atoms with E-state index in [0.29, 0.717) is 5.56 Å². The van der Waals surface area contributed by atoms with E-state index in [2.05, 4.69) is 0 Å². The van der Waals surface area contributed by atoms with E-state index in [0.717, 1.165) is 17.1 Å². The minimum Gasteiger partial charge on any atom is -0.497 e. The third kappa shape index (κ3) is 2.69. The number of hydrogen-bond donors (Lipinski definition) is 1. The fraction of sp³-hybridized carbons (Fsp3) is 0.267. The number of ether oxygens (including phenoxy) is 1. The maximum atomic E-state index is 11.9. The summed E-state index contributed by atoms with van der Waals surface area (Å²) in [6.45, 7) is 3.71. The van der Waals surface area contributed by atoms with Gasteiger partial charge in [0.2, 0.25) is 0 Å². The van der Waals surface area contributed by atoms with Gasteiger partial charge in [0.15, 0.2) is 5.43 Å². The molecule has 0 aliphatic rings. The predicted octanol–water partition coefficient (Wildman–Crippen LogP) is 2.17. The van der Waals surface area contributed by atoms with Crippen LogP contribution in [-0.4, -0.2) is 11.7 Å². The van der Waals surface area contributed by atoms with Crippen molar-refractivity contribution in [1.82, 2.24) is 4.57 Å². The minimum atomic E-state index is -0.280. The standard InChI is InChI=1S/C15H18N2O2/c1-10-8-15(18)14(11(2)16)9-17(10)12-4-6-13(19-3)7-5-12/h4-9,11H,16H2,1-3H3. The number of rotatable bonds is 3. The largest absolute Gasteiger partial charge is 0.497 e. The van der Waals surface area contributed by atoms with Gasteiger partial charge in [-0.1, -0.05) is 0 Å². The number of pyridine rings is 1. The summed E-state index contributed by atoms with van der Waals surface area (Å²) in [6, 6.07) is 9.00. The number of aryl methyl sites for hydroxylation is 1. The molecule has 0 amide bonds. The van der Waals surface area contributed by atoms with E-state index in [9.17, 15) is 4.79 Å². The fourth-order valence-electron chi connectivity index (χ4n) is 2.01. The summed E-state index contributed by atoms with van der Waals surface area (Å²) in [4.78, 5) is 11.9. The zero-order valence-corrected chi connectivity index (χ0v) is 11.4. The number of nitrogens with zero attached hydrogens (tertiary/aromatic N) is 1. The number of hydrogen-bond acceptors (Lipinski definition) is 3. The summed E-state index contributed by atoms with van der Waals surface area (Å²) in [5, 5.41) is 0. The van der Waals surface area contributed by atoms with Crippen LogP contribution >= 0.6 is 0 Å². The second-order valence-electron chi connectivity index (χ2n) is 4.59. The van der Waals surface area contributed by atoms with Crippen LogP contribution < -0.4 is 15.9 Å². The molecule has 0 radical (unpaired) electrons. The van der Waals surface area contributed by atoms with Crippen LogP contribution in [-0.2, 0) is 0 Å². The van der Waals surface area contributed by atoms with Crippen molar-refractivity contribution in [1.29, 1.82) is 0 Å². The van der Waals surface area contributed by atoms with Crippen LogP contribution in [0.5, 0.6) is 5.75 Å². The number of nitrogens with two attached hydrogens (primary N) is 1. The van der Waals surface area contributed by atoms with Gasteiger partial charge in [-0.3, -0.25) is 4.79 Å². The van der Waals surface area contributed by atoms with E-state index in [-0.39, 0.29) is 11.5 Å². The van der Waals surface area contributed by atoms with Gasteiger partial charge < -0.3 is 15.0 Å². The van der Waals surface area contributed by atoms with Crippen LogP contribution in [0.1, 0.15) is 24.2 Å². The highest BCUT2D eigenvalue weighted by Gasteiger charge is 2.09. The summed E-state index contributed by atoms with van der Waals surface area (Å²) < 4.78 is 7.09. The van der Waals surface area contributed by atoms with Gasteiger partial charge >= 0.3 is 0 Å². The van der Waals surface area contributed by atoms with Crippen molar-refractivity contribution in [2.45, 2.75) is 19.9 Å². The molecule has 1 aromatic carbocycles. The predicted molar refractivity (Wildman–Crippen MR) is 75.9 cm³/mol. The van der Waals surface area contributed by atoms with Gasteiger partial charge in [-0.2, -0.15) is 0 Å². The van der Waals surface area contributed by atoms with Crippen molar-refractivity contribution in [3.63, 3.8) is 0 Å². The second kappa shape index (κ2) is 5.28. The summed E-state index contributed by atoms with van der Waals surface area (Å²) in [7, 11) is 1.63. The molecule has 1 unspecified atom stereocenters. The third-order valence-electron chi connectivity index (χ3n) is 3.11. The molecule has 0 bridgehead atoms. The molecule has 100 valence electrons. The van der Waals surface area contributed by atoms with Gasteiger partial charge in [0, 0.05) is 35.2 Å². The molecule has 4 heteroatoms. The van der Waals surface area contributed by atoms with Gasteiger partial charge in [0.05, 0.1) is 7.11 Å². The molecule has 2 aromatic rings. The van der Waals surface area contributed by atoms with Gasteiger partial charge in [0.1, 0.15) is 5.75 Å². The number of benzene rings is 1. The van der Waals surface area contributed by atoms with E-state index in [1.54, 1.807) is 13.2 Å². The maximum absolute atomic E-state index is 11.9. The SMILES string of the molecule is COc1ccc(-n2cc(C(C)N)c(=O)cc2C)cc1. The van der Waals surface area contributed by atoms with E-state index < -0.39 is 0 Å².